The summed E-state index contributed by atoms with van der Waals surface area (Å²) in [7, 11) is 0. The average Bonchev–Trinajstić information content (AvgIpc) is 3.21. The molecule has 0 spiro atoms. The highest BCUT2D eigenvalue weighted by molar-refractivity contribution is 7.80. The van der Waals surface area contributed by atoms with Gasteiger partial charge in [0.25, 0.3) is 0 Å². The van der Waals surface area contributed by atoms with Gasteiger partial charge in [0.1, 0.15) is 17.3 Å². The van der Waals surface area contributed by atoms with Gasteiger partial charge in [-0.15, -0.1) is 0 Å². The number of hydrogen-bond acceptors (Lipinski definition) is 4. The van der Waals surface area contributed by atoms with E-state index in [0.717, 1.165) is 10.9 Å². The van der Waals surface area contributed by atoms with Crippen LogP contribution in [0.4, 0.5) is 5.69 Å². The summed E-state index contributed by atoms with van der Waals surface area (Å²) < 4.78 is 5.73. The standard InChI is InChI=1S/C24H16Cl2N2O3S/c25-15-11-14(12-16(26)13-15)22-9-7-17(31-22)8-10-23(30)28-24(32)27-20-5-1-4-19-18(20)3-2-6-21(19)29/h1-13,29H,(H2,27,28,30,32)/b10-8+. The van der Waals surface area contributed by atoms with Gasteiger partial charge in [0.05, 0.1) is 0 Å². The maximum Gasteiger partial charge on any atom is 0.250 e. The molecule has 0 saturated heterocycles. The van der Waals surface area contributed by atoms with Crippen LogP contribution in [0.2, 0.25) is 10.0 Å². The molecule has 1 amide bonds. The van der Waals surface area contributed by atoms with E-state index in [1.807, 2.05) is 12.1 Å². The molecule has 4 aromatic rings. The molecular weight excluding hydrogens is 467 g/mol. The van der Waals surface area contributed by atoms with Crippen LogP contribution in [-0.2, 0) is 4.79 Å². The van der Waals surface area contributed by atoms with Gasteiger partial charge in [-0.1, -0.05) is 47.5 Å². The Labute approximate surface area is 199 Å². The SMILES string of the molecule is O=C(/C=C/c1ccc(-c2cc(Cl)cc(Cl)c2)o1)NC(=S)Nc1cccc2c(O)cccc12. The molecule has 0 unspecified atom stereocenters. The zero-order valence-corrected chi connectivity index (χ0v) is 18.8. The molecule has 0 radical (unpaired) electrons. The minimum absolute atomic E-state index is 0.129. The molecule has 32 heavy (non-hydrogen) atoms. The minimum atomic E-state index is -0.422. The molecule has 0 fully saturated rings. The Balaban J connectivity index is 1.40. The third-order valence-corrected chi connectivity index (χ3v) is 5.20. The first kappa shape index (κ1) is 21.9. The van der Waals surface area contributed by atoms with Crippen LogP contribution in [0.25, 0.3) is 28.2 Å². The summed E-state index contributed by atoms with van der Waals surface area (Å²) in [6, 6.07) is 19.2. The van der Waals surface area contributed by atoms with Crippen LogP contribution in [0, 0.1) is 0 Å². The Morgan fingerprint density at radius 2 is 1.69 bits per heavy atom. The number of carbonyl (C=O) groups is 1. The molecular formula is C24H16Cl2N2O3S. The summed E-state index contributed by atoms with van der Waals surface area (Å²) in [5, 5.41) is 18.2. The van der Waals surface area contributed by atoms with Gasteiger partial charge < -0.3 is 14.8 Å². The number of hydrogen-bond donors (Lipinski definition) is 3. The van der Waals surface area contributed by atoms with Crippen molar-refractivity contribution < 1.29 is 14.3 Å². The van der Waals surface area contributed by atoms with E-state index < -0.39 is 5.91 Å². The number of nitrogens with one attached hydrogen (secondary N) is 2. The first-order valence-electron chi connectivity index (χ1n) is 9.46. The van der Waals surface area contributed by atoms with Crippen molar-refractivity contribution in [3.63, 3.8) is 0 Å². The second-order valence-corrected chi connectivity index (χ2v) is 8.10. The lowest BCUT2D eigenvalue weighted by Crippen LogP contribution is -2.32. The van der Waals surface area contributed by atoms with Crippen LogP contribution >= 0.6 is 35.4 Å². The van der Waals surface area contributed by atoms with E-state index in [1.54, 1.807) is 54.6 Å². The predicted molar refractivity (Wildman–Crippen MR) is 133 cm³/mol. The van der Waals surface area contributed by atoms with Crippen molar-refractivity contribution in [3.8, 4) is 17.1 Å². The van der Waals surface area contributed by atoms with Gasteiger partial charge >= 0.3 is 0 Å². The molecule has 4 rings (SSSR count). The van der Waals surface area contributed by atoms with E-state index >= 15 is 0 Å². The highest BCUT2D eigenvalue weighted by atomic mass is 35.5. The molecule has 0 saturated carbocycles. The summed E-state index contributed by atoms with van der Waals surface area (Å²) >= 11 is 17.3. The van der Waals surface area contributed by atoms with Crippen molar-refractivity contribution >= 4 is 69.0 Å². The fourth-order valence-electron chi connectivity index (χ4n) is 3.16. The van der Waals surface area contributed by atoms with Crippen molar-refractivity contribution in [1.82, 2.24) is 5.32 Å². The van der Waals surface area contributed by atoms with Crippen molar-refractivity contribution in [3.05, 3.63) is 88.6 Å². The average molecular weight is 483 g/mol. The zero-order chi connectivity index (χ0) is 22.7. The Morgan fingerprint density at radius 1 is 0.969 bits per heavy atom. The van der Waals surface area contributed by atoms with Gasteiger partial charge in [0, 0.05) is 38.1 Å². The van der Waals surface area contributed by atoms with E-state index in [9.17, 15) is 9.90 Å². The summed E-state index contributed by atoms with van der Waals surface area (Å²) in [5.41, 5.74) is 1.40. The number of aromatic hydroxyl groups is 1. The molecule has 1 aromatic heterocycles. The van der Waals surface area contributed by atoms with Gasteiger partial charge in [-0.3, -0.25) is 10.1 Å². The Kier molecular flexibility index (Phi) is 6.46. The second kappa shape index (κ2) is 9.44. The molecule has 0 aliphatic rings. The smallest absolute Gasteiger partial charge is 0.250 e. The molecule has 0 bridgehead atoms. The Bertz CT molecular complexity index is 1340. The maximum absolute atomic E-state index is 12.3. The van der Waals surface area contributed by atoms with E-state index in [0.29, 0.717) is 32.6 Å². The number of amides is 1. The Hall–Kier alpha value is -3.32. The van der Waals surface area contributed by atoms with Crippen molar-refractivity contribution in [1.29, 1.82) is 0 Å². The van der Waals surface area contributed by atoms with Gasteiger partial charge in [0.15, 0.2) is 5.11 Å². The maximum atomic E-state index is 12.3. The molecule has 3 N–H and O–H groups in total. The molecule has 160 valence electrons. The zero-order valence-electron chi connectivity index (χ0n) is 16.4. The fourth-order valence-corrected chi connectivity index (χ4v) is 3.90. The van der Waals surface area contributed by atoms with Crippen LogP contribution in [0.3, 0.4) is 0 Å². The van der Waals surface area contributed by atoms with Crippen LogP contribution in [0.15, 0.2) is 77.2 Å². The lowest BCUT2D eigenvalue weighted by molar-refractivity contribution is -0.115. The number of phenolic OH excluding ortho intramolecular Hbond substituents is 1. The number of thiocarbonyl (C=S) groups is 1. The highest BCUT2D eigenvalue weighted by Gasteiger charge is 2.08. The quantitative estimate of drug-likeness (QED) is 0.224. The van der Waals surface area contributed by atoms with Gasteiger partial charge in [-0.05, 0) is 60.8 Å². The molecule has 8 heteroatoms. The highest BCUT2D eigenvalue weighted by Crippen LogP contribution is 2.30. The Morgan fingerprint density at radius 3 is 2.47 bits per heavy atom. The topological polar surface area (TPSA) is 74.5 Å². The summed E-state index contributed by atoms with van der Waals surface area (Å²) in [6.45, 7) is 0. The van der Waals surface area contributed by atoms with Crippen LogP contribution in [-0.4, -0.2) is 16.1 Å². The third-order valence-electron chi connectivity index (χ3n) is 4.56. The second-order valence-electron chi connectivity index (χ2n) is 6.81. The summed E-state index contributed by atoms with van der Waals surface area (Å²) in [5.74, 6) is 0.803. The number of furan rings is 1. The number of anilines is 1. The van der Waals surface area contributed by atoms with E-state index in [1.165, 1.54) is 12.2 Å². The first-order valence-corrected chi connectivity index (χ1v) is 10.6. The number of rotatable bonds is 4. The van der Waals surface area contributed by atoms with Crippen molar-refractivity contribution in [2.45, 2.75) is 0 Å². The minimum Gasteiger partial charge on any atom is -0.507 e. The molecule has 1 heterocycles. The fraction of sp³-hybridized carbons (Fsp3) is 0. The molecule has 5 nitrogen and oxygen atoms in total. The lowest BCUT2D eigenvalue weighted by Gasteiger charge is -2.11. The van der Waals surface area contributed by atoms with E-state index in [-0.39, 0.29) is 10.9 Å². The van der Waals surface area contributed by atoms with E-state index in [4.69, 9.17) is 39.8 Å². The molecule has 0 atom stereocenters. The van der Waals surface area contributed by atoms with Crippen LogP contribution in [0.1, 0.15) is 5.76 Å². The van der Waals surface area contributed by atoms with E-state index in [2.05, 4.69) is 10.6 Å². The molecule has 3 aromatic carbocycles. The molecule has 0 aliphatic heterocycles. The van der Waals surface area contributed by atoms with Gasteiger partial charge in [-0.2, -0.15) is 0 Å². The largest absolute Gasteiger partial charge is 0.507 e. The third kappa shape index (κ3) is 5.11. The summed E-state index contributed by atoms with van der Waals surface area (Å²) in [6.07, 6.45) is 2.85. The number of benzene rings is 3. The number of carbonyl (C=O) groups excluding carboxylic acids is 1. The van der Waals surface area contributed by atoms with Crippen molar-refractivity contribution in [2.75, 3.05) is 5.32 Å². The predicted octanol–water partition coefficient (Wildman–Crippen LogP) is 6.64. The molecule has 0 aliphatic carbocycles. The van der Waals surface area contributed by atoms with Gasteiger partial charge in [0.2, 0.25) is 5.91 Å². The number of phenols is 1. The van der Waals surface area contributed by atoms with Gasteiger partial charge in [-0.25, -0.2) is 0 Å². The summed E-state index contributed by atoms with van der Waals surface area (Å²) in [4.78, 5) is 12.3. The normalized spacial score (nSPS) is 11.1. The first-order chi connectivity index (χ1) is 15.4. The van der Waals surface area contributed by atoms with Crippen LogP contribution in [0.5, 0.6) is 5.75 Å². The monoisotopic (exact) mass is 482 g/mol. The van der Waals surface area contributed by atoms with Crippen molar-refractivity contribution in [2.24, 2.45) is 0 Å². The number of halogens is 2. The lowest BCUT2D eigenvalue weighted by atomic mass is 10.1. The van der Waals surface area contributed by atoms with Crippen LogP contribution < -0.4 is 10.6 Å². The number of fused-ring (bicyclic) bond motifs is 1.